The third-order valence-corrected chi connectivity index (χ3v) is 1.54. The minimum absolute atomic E-state index is 0.477. The van der Waals surface area contributed by atoms with Crippen LogP contribution >= 0.6 is 0 Å². The molecule has 0 aliphatic rings. The molecule has 1 aromatic rings. The van der Waals surface area contributed by atoms with Gasteiger partial charge in [-0.05, 0) is 19.1 Å². The van der Waals surface area contributed by atoms with E-state index in [1.807, 2.05) is 0 Å². The van der Waals surface area contributed by atoms with Crippen LogP contribution < -0.4 is 10.6 Å². The maximum atomic E-state index is 10.9. The van der Waals surface area contributed by atoms with Crippen LogP contribution in [0.2, 0.25) is 0 Å². The molecule has 70 valence electrons. The molecule has 1 heterocycles. The van der Waals surface area contributed by atoms with Gasteiger partial charge in [0.2, 0.25) is 0 Å². The Balaban J connectivity index is 2.96. The molecule has 0 bridgehead atoms. The van der Waals surface area contributed by atoms with Gasteiger partial charge in [0.1, 0.15) is 6.23 Å². The van der Waals surface area contributed by atoms with Gasteiger partial charge in [0.25, 0.3) is 0 Å². The number of aromatic nitrogens is 1. The smallest absolute Gasteiger partial charge is 0.321 e. The number of aliphatic hydroxyl groups excluding tert-OH is 1. The van der Waals surface area contributed by atoms with Crippen LogP contribution in [-0.2, 0) is 0 Å². The lowest BCUT2D eigenvalue weighted by molar-refractivity contribution is 0.186. The van der Waals surface area contributed by atoms with Crippen LogP contribution in [0.4, 0.5) is 10.5 Å². The highest BCUT2D eigenvalue weighted by Gasteiger charge is 2.16. The highest BCUT2D eigenvalue weighted by molar-refractivity contribution is 5.90. The van der Waals surface area contributed by atoms with Crippen molar-refractivity contribution in [2.24, 2.45) is 5.73 Å². The fraction of sp³-hybridized carbons (Fsp3) is 0.250. The molecule has 0 aromatic carbocycles. The van der Waals surface area contributed by atoms with Gasteiger partial charge < -0.3 is 10.8 Å². The SMILES string of the molecule is CC(O)N(C(N)=O)c1cccnc1. The third kappa shape index (κ3) is 2.16. The molecular formula is C8H11N3O2. The number of nitrogens with zero attached hydrogens (tertiary/aromatic N) is 2. The molecule has 5 heteroatoms. The first kappa shape index (κ1) is 9.47. The predicted octanol–water partition coefficient (Wildman–Crippen LogP) is 0.305. The fourth-order valence-corrected chi connectivity index (χ4v) is 1.02. The summed E-state index contributed by atoms with van der Waals surface area (Å²) >= 11 is 0. The molecule has 1 aromatic heterocycles. The van der Waals surface area contributed by atoms with Gasteiger partial charge in [0, 0.05) is 6.20 Å². The summed E-state index contributed by atoms with van der Waals surface area (Å²) in [5.74, 6) is 0. The highest BCUT2D eigenvalue weighted by Crippen LogP contribution is 2.13. The number of aliphatic hydroxyl groups is 1. The molecule has 3 N–H and O–H groups in total. The van der Waals surface area contributed by atoms with Gasteiger partial charge >= 0.3 is 6.03 Å². The number of carbonyl (C=O) groups excluding carboxylic acids is 1. The van der Waals surface area contributed by atoms with Gasteiger partial charge in [-0.2, -0.15) is 0 Å². The second-order valence-electron chi connectivity index (χ2n) is 2.55. The van der Waals surface area contributed by atoms with Gasteiger partial charge in [0.15, 0.2) is 0 Å². The molecule has 0 aliphatic carbocycles. The summed E-state index contributed by atoms with van der Waals surface area (Å²) in [5, 5.41) is 9.23. The number of amides is 2. The van der Waals surface area contributed by atoms with E-state index >= 15 is 0 Å². The number of urea groups is 1. The van der Waals surface area contributed by atoms with Crippen molar-refractivity contribution in [1.82, 2.24) is 4.98 Å². The largest absolute Gasteiger partial charge is 0.373 e. The zero-order chi connectivity index (χ0) is 9.84. The van der Waals surface area contributed by atoms with E-state index in [2.05, 4.69) is 4.98 Å². The fourth-order valence-electron chi connectivity index (χ4n) is 1.02. The summed E-state index contributed by atoms with van der Waals surface area (Å²) in [7, 11) is 0. The molecule has 0 aliphatic heterocycles. The summed E-state index contributed by atoms with van der Waals surface area (Å²) in [4.78, 5) is 15.8. The normalized spacial score (nSPS) is 12.2. The van der Waals surface area contributed by atoms with Crippen LogP contribution in [0.3, 0.4) is 0 Å². The Morgan fingerprint density at radius 2 is 2.46 bits per heavy atom. The molecular weight excluding hydrogens is 170 g/mol. The Morgan fingerprint density at radius 3 is 2.85 bits per heavy atom. The van der Waals surface area contributed by atoms with Crippen LogP contribution in [0.1, 0.15) is 6.92 Å². The molecule has 1 atom stereocenters. The lowest BCUT2D eigenvalue weighted by Gasteiger charge is -2.22. The lowest BCUT2D eigenvalue weighted by atomic mass is 10.3. The second kappa shape index (κ2) is 3.86. The van der Waals surface area contributed by atoms with E-state index in [-0.39, 0.29) is 0 Å². The van der Waals surface area contributed by atoms with Crippen molar-refractivity contribution in [3.63, 3.8) is 0 Å². The van der Waals surface area contributed by atoms with Gasteiger partial charge in [-0.15, -0.1) is 0 Å². The first-order chi connectivity index (χ1) is 6.13. The molecule has 1 rings (SSSR count). The van der Waals surface area contributed by atoms with Crippen molar-refractivity contribution in [1.29, 1.82) is 0 Å². The molecule has 0 radical (unpaired) electrons. The van der Waals surface area contributed by atoms with E-state index in [0.717, 1.165) is 4.90 Å². The number of hydrogen-bond acceptors (Lipinski definition) is 3. The number of carbonyl (C=O) groups is 1. The van der Waals surface area contributed by atoms with Crippen molar-refractivity contribution >= 4 is 11.7 Å². The number of primary amides is 1. The molecule has 0 saturated heterocycles. The average Bonchev–Trinajstić information content (AvgIpc) is 2.04. The Labute approximate surface area is 75.8 Å². The summed E-state index contributed by atoms with van der Waals surface area (Å²) in [6.45, 7) is 1.46. The van der Waals surface area contributed by atoms with Gasteiger partial charge in [-0.25, -0.2) is 4.79 Å². The zero-order valence-electron chi connectivity index (χ0n) is 7.21. The third-order valence-electron chi connectivity index (χ3n) is 1.54. The van der Waals surface area contributed by atoms with Gasteiger partial charge in [-0.1, -0.05) is 0 Å². The zero-order valence-corrected chi connectivity index (χ0v) is 7.21. The van der Waals surface area contributed by atoms with Crippen molar-refractivity contribution in [2.75, 3.05) is 4.90 Å². The maximum absolute atomic E-state index is 10.9. The van der Waals surface area contributed by atoms with Crippen LogP contribution in [0.15, 0.2) is 24.5 Å². The minimum atomic E-state index is -0.957. The Kier molecular flexibility index (Phi) is 2.81. The number of pyridine rings is 1. The summed E-state index contributed by atoms with van der Waals surface area (Å²) in [6, 6.07) is 2.60. The average molecular weight is 181 g/mol. The van der Waals surface area contributed by atoms with E-state index < -0.39 is 12.3 Å². The Bertz CT molecular complexity index is 287. The number of rotatable bonds is 2. The summed E-state index contributed by atoms with van der Waals surface area (Å²) in [5.41, 5.74) is 5.55. The molecule has 0 spiro atoms. The molecule has 0 saturated carbocycles. The Morgan fingerprint density at radius 1 is 1.77 bits per heavy atom. The van der Waals surface area contributed by atoms with Gasteiger partial charge in [0.05, 0.1) is 11.9 Å². The van der Waals surface area contributed by atoms with E-state index in [1.54, 1.807) is 18.3 Å². The van der Waals surface area contributed by atoms with E-state index in [4.69, 9.17) is 5.73 Å². The van der Waals surface area contributed by atoms with Crippen molar-refractivity contribution in [2.45, 2.75) is 13.2 Å². The van der Waals surface area contributed by atoms with Crippen LogP contribution in [0.25, 0.3) is 0 Å². The molecule has 5 nitrogen and oxygen atoms in total. The van der Waals surface area contributed by atoms with Crippen molar-refractivity contribution < 1.29 is 9.90 Å². The van der Waals surface area contributed by atoms with Crippen molar-refractivity contribution in [3.8, 4) is 0 Å². The number of nitrogens with two attached hydrogens (primary N) is 1. The predicted molar refractivity (Wildman–Crippen MR) is 48.0 cm³/mol. The van der Waals surface area contributed by atoms with Gasteiger partial charge in [-0.3, -0.25) is 9.88 Å². The van der Waals surface area contributed by atoms with Crippen LogP contribution in [0.5, 0.6) is 0 Å². The minimum Gasteiger partial charge on any atom is -0.373 e. The van der Waals surface area contributed by atoms with E-state index in [9.17, 15) is 9.90 Å². The second-order valence-corrected chi connectivity index (χ2v) is 2.55. The van der Waals surface area contributed by atoms with E-state index in [1.165, 1.54) is 13.1 Å². The summed E-state index contributed by atoms with van der Waals surface area (Å²) in [6.07, 6.45) is 2.07. The molecule has 2 amide bonds. The highest BCUT2D eigenvalue weighted by atomic mass is 16.3. The number of anilines is 1. The number of hydrogen-bond donors (Lipinski definition) is 2. The lowest BCUT2D eigenvalue weighted by Crippen LogP contribution is -2.42. The maximum Gasteiger partial charge on any atom is 0.321 e. The standard InChI is InChI=1S/C8H11N3O2/c1-6(12)11(8(9)13)7-3-2-4-10-5-7/h2-6,12H,1H3,(H2,9,13). The Hall–Kier alpha value is -1.62. The quantitative estimate of drug-likeness (QED) is 0.644. The van der Waals surface area contributed by atoms with Crippen LogP contribution in [0, 0.1) is 0 Å². The van der Waals surface area contributed by atoms with E-state index in [0.29, 0.717) is 5.69 Å². The van der Waals surface area contributed by atoms with Crippen LogP contribution in [-0.4, -0.2) is 22.3 Å². The first-order valence-corrected chi connectivity index (χ1v) is 3.79. The molecule has 0 fully saturated rings. The monoisotopic (exact) mass is 181 g/mol. The first-order valence-electron chi connectivity index (χ1n) is 3.79. The summed E-state index contributed by atoms with van der Waals surface area (Å²) < 4.78 is 0. The molecule has 1 unspecified atom stereocenters. The van der Waals surface area contributed by atoms with Crippen molar-refractivity contribution in [3.05, 3.63) is 24.5 Å². The molecule has 13 heavy (non-hydrogen) atoms. The topological polar surface area (TPSA) is 79.5 Å².